The van der Waals surface area contributed by atoms with Crippen molar-refractivity contribution < 1.29 is 9.90 Å². The van der Waals surface area contributed by atoms with Gasteiger partial charge in [-0.2, -0.15) is 0 Å². The third kappa shape index (κ3) is 2.34. The Morgan fingerprint density at radius 2 is 2.50 bits per heavy atom. The highest BCUT2D eigenvalue weighted by Crippen LogP contribution is 2.10. The number of hydrogen-bond donors (Lipinski definition) is 1. The van der Waals surface area contributed by atoms with E-state index in [9.17, 15) is 4.79 Å². The third-order valence-corrected chi connectivity index (χ3v) is 2.00. The van der Waals surface area contributed by atoms with Gasteiger partial charge in [-0.15, -0.1) is 0 Å². The third-order valence-electron chi connectivity index (χ3n) is 2.00. The van der Waals surface area contributed by atoms with E-state index in [1.54, 1.807) is 4.90 Å². The van der Waals surface area contributed by atoms with Crippen LogP contribution in [-0.2, 0) is 4.79 Å². The number of aliphatic hydroxyl groups is 1. The number of carbonyl (C=O) groups excluding carboxylic acids is 1. The van der Waals surface area contributed by atoms with Gasteiger partial charge >= 0.3 is 0 Å². The maximum atomic E-state index is 11.1. The number of allylic oxidation sites excluding steroid dienone is 1. The molecule has 0 radical (unpaired) electrons. The first-order valence-corrected chi connectivity index (χ1v) is 4.31. The molecule has 1 aliphatic rings. The van der Waals surface area contributed by atoms with Crippen LogP contribution in [0.5, 0.6) is 0 Å². The van der Waals surface area contributed by atoms with Crippen molar-refractivity contribution in [3.05, 3.63) is 12.2 Å². The summed E-state index contributed by atoms with van der Waals surface area (Å²) in [6.45, 7) is 3.21. The summed E-state index contributed by atoms with van der Waals surface area (Å²) in [6.07, 6.45) is 4.74. The molecule has 0 aliphatic carbocycles. The standard InChI is InChI=1S/C9H15NO2/c1-2-3-4-5-10-7-8(11)6-9(10)12/h2-3,8,11H,4-7H2,1H3/b3-2+. The molecule has 1 unspecified atom stereocenters. The van der Waals surface area contributed by atoms with Crippen molar-refractivity contribution in [1.29, 1.82) is 0 Å². The molecule has 1 atom stereocenters. The van der Waals surface area contributed by atoms with Crippen LogP contribution in [0.25, 0.3) is 0 Å². The van der Waals surface area contributed by atoms with E-state index in [1.165, 1.54) is 0 Å². The summed E-state index contributed by atoms with van der Waals surface area (Å²) in [5.74, 6) is 0.0759. The highest BCUT2D eigenvalue weighted by atomic mass is 16.3. The van der Waals surface area contributed by atoms with Gasteiger partial charge in [0.05, 0.1) is 12.5 Å². The molecule has 0 aromatic heterocycles. The number of likely N-dealkylation sites (tertiary alicyclic amines) is 1. The van der Waals surface area contributed by atoms with Gasteiger partial charge in [-0.3, -0.25) is 4.79 Å². The highest BCUT2D eigenvalue weighted by Gasteiger charge is 2.26. The second-order valence-corrected chi connectivity index (χ2v) is 3.06. The van der Waals surface area contributed by atoms with Crippen molar-refractivity contribution in [3.63, 3.8) is 0 Å². The van der Waals surface area contributed by atoms with Crippen molar-refractivity contribution in [1.82, 2.24) is 4.90 Å². The molecule has 68 valence electrons. The smallest absolute Gasteiger partial charge is 0.225 e. The second-order valence-electron chi connectivity index (χ2n) is 3.06. The Bertz CT molecular complexity index is 189. The van der Waals surface area contributed by atoms with E-state index in [0.717, 1.165) is 13.0 Å². The summed E-state index contributed by atoms with van der Waals surface area (Å²) in [4.78, 5) is 12.8. The number of carbonyl (C=O) groups is 1. The predicted molar refractivity (Wildman–Crippen MR) is 46.6 cm³/mol. The van der Waals surface area contributed by atoms with E-state index < -0.39 is 6.10 Å². The Labute approximate surface area is 72.7 Å². The molecule has 12 heavy (non-hydrogen) atoms. The van der Waals surface area contributed by atoms with E-state index in [0.29, 0.717) is 13.0 Å². The summed E-state index contributed by atoms with van der Waals surface area (Å²) in [7, 11) is 0. The number of hydrogen-bond acceptors (Lipinski definition) is 2. The van der Waals surface area contributed by atoms with Crippen LogP contribution in [0.3, 0.4) is 0 Å². The zero-order valence-corrected chi connectivity index (χ0v) is 7.36. The van der Waals surface area contributed by atoms with Gasteiger partial charge in [-0.05, 0) is 13.3 Å². The minimum Gasteiger partial charge on any atom is -0.391 e. The normalized spacial score (nSPS) is 24.3. The molecule has 1 N–H and O–H groups in total. The van der Waals surface area contributed by atoms with Gasteiger partial charge in [0, 0.05) is 13.1 Å². The lowest BCUT2D eigenvalue weighted by atomic mass is 10.3. The van der Waals surface area contributed by atoms with Gasteiger partial charge < -0.3 is 10.0 Å². The molecule has 1 aliphatic heterocycles. The van der Waals surface area contributed by atoms with Gasteiger partial charge in [0.25, 0.3) is 0 Å². The van der Waals surface area contributed by atoms with Crippen LogP contribution in [0.4, 0.5) is 0 Å². The first kappa shape index (κ1) is 9.26. The largest absolute Gasteiger partial charge is 0.391 e. The van der Waals surface area contributed by atoms with Crippen molar-refractivity contribution in [3.8, 4) is 0 Å². The first-order chi connectivity index (χ1) is 5.74. The fraction of sp³-hybridized carbons (Fsp3) is 0.667. The van der Waals surface area contributed by atoms with Crippen molar-refractivity contribution in [2.45, 2.75) is 25.9 Å². The lowest BCUT2D eigenvalue weighted by Crippen LogP contribution is -2.26. The van der Waals surface area contributed by atoms with Gasteiger partial charge in [-0.1, -0.05) is 12.2 Å². The van der Waals surface area contributed by atoms with E-state index in [1.807, 2.05) is 19.1 Å². The number of aliphatic hydroxyl groups excluding tert-OH is 1. The van der Waals surface area contributed by atoms with Crippen molar-refractivity contribution in [2.75, 3.05) is 13.1 Å². The number of β-amino-alcohol motifs (C(OH)–C–C–N with tert-alkyl or cyclic N) is 1. The van der Waals surface area contributed by atoms with Crippen molar-refractivity contribution in [2.24, 2.45) is 0 Å². The number of nitrogens with zero attached hydrogens (tertiary/aromatic N) is 1. The van der Waals surface area contributed by atoms with Crippen LogP contribution in [0.15, 0.2) is 12.2 Å². The van der Waals surface area contributed by atoms with Gasteiger partial charge in [0.15, 0.2) is 0 Å². The first-order valence-electron chi connectivity index (χ1n) is 4.31. The maximum absolute atomic E-state index is 11.1. The summed E-state index contributed by atoms with van der Waals surface area (Å²) in [6, 6.07) is 0. The topological polar surface area (TPSA) is 40.5 Å². The summed E-state index contributed by atoms with van der Waals surface area (Å²) < 4.78 is 0. The fourth-order valence-corrected chi connectivity index (χ4v) is 1.36. The second kappa shape index (κ2) is 4.26. The molecule has 0 bridgehead atoms. The van der Waals surface area contributed by atoms with Crippen LogP contribution in [-0.4, -0.2) is 35.1 Å². The van der Waals surface area contributed by atoms with Crippen LogP contribution < -0.4 is 0 Å². The highest BCUT2D eigenvalue weighted by molar-refractivity contribution is 5.78. The molecule has 1 heterocycles. The average molecular weight is 169 g/mol. The Balaban J connectivity index is 2.28. The summed E-state index contributed by atoms with van der Waals surface area (Å²) in [5, 5.41) is 9.15. The molecule has 1 fully saturated rings. The minimum atomic E-state index is -0.442. The SMILES string of the molecule is C/C=C/CCN1CC(O)CC1=O. The monoisotopic (exact) mass is 169 g/mol. The van der Waals surface area contributed by atoms with E-state index in [2.05, 4.69) is 0 Å². The molecule has 1 amide bonds. The van der Waals surface area contributed by atoms with Gasteiger partial charge in [-0.25, -0.2) is 0 Å². The van der Waals surface area contributed by atoms with E-state index in [4.69, 9.17) is 5.11 Å². The molecule has 0 aromatic carbocycles. The van der Waals surface area contributed by atoms with Crippen LogP contribution in [0.1, 0.15) is 19.8 Å². The predicted octanol–water partition coefficient (Wildman–Crippen LogP) is 0.546. The van der Waals surface area contributed by atoms with Crippen molar-refractivity contribution >= 4 is 5.91 Å². The van der Waals surface area contributed by atoms with Gasteiger partial charge in [0.2, 0.25) is 5.91 Å². The maximum Gasteiger partial charge on any atom is 0.225 e. The Morgan fingerprint density at radius 1 is 1.75 bits per heavy atom. The Morgan fingerprint density at radius 3 is 3.00 bits per heavy atom. The molecule has 3 nitrogen and oxygen atoms in total. The molecular formula is C9H15NO2. The fourth-order valence-electron chi connectivity index (χ4n) is 1.36. The van der Waals surface area contributed by atoms with E-state index in [-0.39, 0.29) is 5.91 Å². The Hall–Kier alpha value is -0.830. The minimum absolute atomic E-state index is 0.0759. The van der Waals surface area contributed by atoms with Crippen LogP contribution >= 0.6 is 0 Å². The molecule has 1 rings (SSSR count). The summed E-state index contributed by atoms with van der Waals surface area (Å²) in [5.41, 5.74) is 0. The summed E-state index contributed by atoms with van der Waals surface area (Å²) >= 11 is 0. The molecule has 0 saturated carbocycles. The quantitative estimate of drug-likeness (QED) is 0.627. The molecule has 0 spiro atoms. The van der Waals surface area contributed by atoms with Gasteiger partial charge in [0.1, 0.15) is 0 Å². The molecule has 3 heteroatoms. The van der Waals surface area contributed by atoms with E-state index >= 15 is 0 Å². The molecule has 0 aromatic rings. The zero-order valence-electron chi connectivity index (χ0n) is 7.36. The van der Waals surface area contributed by atoms with Crippen LogP contribution in [0, 0.1) is 0 Å². The lowest BCUT2D eigenvalue weighted by Gasteiger charge is -2.13. The average Bonchev–Trinajstić information content (AvgIpc) is 2.31. The van der Waals surface area contributed by atoms with Crippen LogP contribution in [0.2, 0.25) is 0 Å². The lowest BCUT2D eigenvalue weighted by molar-refractivity contribution is -0.127. The Kier molecular flexibility index (Phi) is 3.29. The molecular weight excluding hydrogens is 154 g/mol. The zero-order chi connectivity index (χ0) is 8.97. The number of amides is 1. The molecule has 1 saturated heterocycles. The number of rotatable bonds is 3.